The minimum Gasteiger partial charge on any atom is -0.354 e. The van der Waals surface area contributed by atoms with Gasteiger partial charge >= 0.3 is 5.69 Å². The van der Waals surface area contributed by atoms with E-state index in [0.717, 1.165) is 18.8 Å². The molecule has 0 aliphatic heterocycles. The molecule has 0 aliphatic rings. The molecule has 1 unspecified atom stereocenters. The van der Waals surface area contributed by atoms with Gasteiger partial charge in [-0.05, 0) is 6.42 Å². The highest BCUT2D eigenvalue weighted by molar-refractivity contribution is 7.84. The molecule has 1 atom stereocenters. The van der Waals surface area contributed by atoms with E-state index in [4.69, 9.17) is 0 Å². The summed E-state index contributed by atoms with van der Waals surface area (Å²) < 4.78 is 10.8. The quantitative estimate of drug-likeness (QED) is 0.446. The average molecular weight is 244 g/mol. The Morgan fingerprint density at radius 2 is 2.12 bits per heavy atom. The van der Waals surface area contributed by atoms with Crippen LogP contribution in [0.25, 0.3) is 0 Å². The minimum atomic E-state index is -0.803. The maximum atomic E-state index is 10.8. The van der Waals surface area contributed by atoms with Crippen LogP contribution in [-0.2, 0) is 10.8 Å². The SMILES string of the molecule is CS(=O)CCCNc1ncc([N+](=O)[O-])cn1. The first-order valence-electron chi connectivity index (χ1n) is 4.60. The van der Waals surface area contributed by atoms with Crippen LogP contribution in [0.2, 0.25) is 0 Å². The molecule has 0 fully saturated rings. The summed E-state index contributed by atoms with van der Waals surface area (Å²) in [5.74, 6) is 0.951. The van der Waals surface area contributed by atoms with Gasteiger partial charge in [0.05, 0.1) is 4.92 Å². The molecule has 1 heterocycles. The summed E-state index contributed by atoms with van der Waals surface area (Å²) in [6.45, 7) is 0.595. The standard InChI is InChI=1S/C8H12N4O3S/c1-16(15)4-2-3-9-8-10-5-7(6-11-8)12(13)14/h5-6H,2-4H2,1H3,(H,9,10,11). The van der Waals surface area contributed by atoms with Crippen LogP contribution in [0.15, 0.2) is 12.4 Å². The van der Waals surface area contributed by atoms with Gasteiger partial charge in [-0.2, -0.15) is 0 Å². The second kappa shape index (κ2) is 6.11. The number of aromatic nitrogens is 2. The zero-order valence-electron chi connectivity index (χ0n) is 8.75. The van der Waals surface area contributed by atoms with Crippen molar-refractivity contribution in [3.8, 4) is 0 Å². The molecule has 1 N–H and O–H groups in total. The molecule has 1 aromatic rings. The fourth-order valence-corrected chi connectivity index (χ4v) is 1.53. The molecule has 88 valence electrons. The lowest BCUT2D eigenvalue weighted by molar-refractivity contribution is -0.385. The summed E-state index contributed by atoms with van der Waals surface area (Å²) in [5, 5.41) is 13.2. The first-order chi connectivity index (χ1) is 7.59. The van der Waals surface area contributed by atoms with Crippen molar-refractivity contribution < 1.29 is 9.13 Å². The Morgan fingerprint density at radius 1 is 1.50 bits per heavy atom. The second-order valence-electron chi connectivity index (χ2n) is 3.08. The van der Waals surface area contributed by atoms with Crippen LogP contribution in [0.1, 0.15) is 6.42 Å². The first-order valence-corrected chi connectivity index (χ1v) is 6.32. The molecule has 0 bridgehead atoms. The van der Waals surface area contributed by atoms with Gasteiger partial charge in [-0.3, -0.25) is 14.3 Å². The van der Waals surface area contributed by atoms with E-state index >= 15 is 0 Å². The lowest BCUT2D eigenvalue weighted by Crippen LogP contribution is -2.08. The Balaban J connectivity index is 2.38. The van der Waals surface area contributed by atoms with Crippen molar-refractivity contribution >= 4 is 22.4 Å². The van der Waals surface area contributed by atoms with Crippen molar-refractivity contribution in [3.05, 3.63) is 22.5 Å². The van der Waals surface area contributed by atoms with Crippen molar-refractivity contribution in [2.45, 2.75) is 6.42 Å². The summed E-state index contributed by atoms with van der Waals surface area (Å²) >= 11 is 0. The first kappa shape index (κ1) is 12.5. The molecule has 0 amide bonds. The Bertz CT molecular complexity index is 381. The monoisotopic (exact) mass is 244 g/mol. The van der Waals surface area contributed by atoms with Crippen molar-refractivity contribution in [1.82, 2.24) is 9.97 Å². The molecular formula is C8H12N4O3S. The summed E-state index contributed by atoms with van der Waals surface area (Å²) in [7, 11) is -0.803. The number of nitrogens with one attached hydrogen (secondary N) is 1. The Kier molecular flexibility index (Phi) is 4.77. The van der Waals surface area contributed by atoms with E-state index in [-0.39, 0.29) is 5.69 Å². The summed E-state index contributed by atoms with van der Waals surface area (Å²) in [4.78, 5) is 17.3. The molecule has 0 saturated carbocycles. The van der Waals surface area contributed by atoms with E-state index in [2.05, 4.69) is 15.3 Å². The van der Waals surface area contributed by atoms with Gasteiger partial charge < -0.3 is 5.32 Å². The highest BCUT2D eigenvalue weighted by atomic mass is 32.2. The van der Waals surface area contributed by atoms with E-state index in [0.29, 0.717) is 18.2 Å². The molecule has 16 heavy (non-hydrogen) atoms. The van der Waals surface area contributed by atoms with Gasteiger partial charge in [-0.1, -0.05) is 0 Å². The van der Waals surface area contributed by atoms with Gasteiger partial charge in [0, 0.05) is 29.4 Å². The molecule has 1 rings (SSSR count). The van der Waals surface area contributed by atoms with Gasteiger partial charge in [0.1, 0.15) is 12.4 Å². The summed E-state index contributed by atoms with van der Waals surface area (Å²) in [5.41, 5.74) is -0.139. The normalized spacial score (nSPS) is 12.1. The molecule has 0 saturated heterocycles. The molecular weight excluding hydrogens is 232 g/mol. The van der Waals surface area contributed by atoms with Gasteiger partial charge in [0.25, 0.3) is 0 Å². The van der Waals surface area contributed by atoms with E-state index in [9.17, 15) is 14.3 Å². The van der Waals surface area contributed by atoms with Gasteiger partial charge in [-0.25, -0.2) is 9.97 Å². The molecule has 0 spiro atoms. The Morgan fingerprint density at radius 3 is 2.62 bits per heavy atom. The zero-order chi connectivity index (χ0) is 12.0. The average Bonchev–Trinajstić information content (AvgIpc) is 2.25. The zero-order valence-corrected chi connectivity index (χ0v) is 9.57. The lowest BCUT2D eigenvalue weighted by Gasteiger charge is -2.02. The van der Waals surface area contributed by atoms with E-state index < -0.39 is 15.7 Å². The van der Waals surface area contributed by atoms with E-state index in [1.165, 1.54) is 0 Å². The Hall–Kier alpha value is -1.57. The highest BCUT2D eigenvalue weighted by Crippen LogP contribution is 2.07. The number of anilines is 1. The fraction of sp³-hybridized carbons (Fsp3) is 0.500. The minimum absolute atomic E-state index is 0.139. The van der Waals surface area contributed by atoms with Gasteiger partial charge in [-0.15, -0.1) is 0 Å². The third-order valence-corrected chi connectivity index (χ3v) is 2.60. The number of rotatable bonds is 6. The summed E-state index contributed by atoms with van der Waals surface area (Å²) in [6.07, 6.45) is 4.67. The van der Waals surface area contributed by atoms with Crippen molar-refractivity contribution in [3.63, 3.8) is 0 Å². The van der Waals surface area contributed by atoms with Crippen LogP contribution in [0, 0.1) is 10.1 Å². The van der Waals surface area contributed by atoms with Gasteiger partial charge in [0.2, 0.25) is 5.95 Å². The third-order valence-electron chi connectivity index (χ3n) is 1.74. The number of nitrogens with zero attached hydrogens (tertiary/aromatic N) is 3. The van der Waals surface area contributed by atoms with Crippen molar-refractivity contribution in [1.29, 1.82) is 0 Å². The topological polar surface area (TPSA) is 98.0 Å². The molecule has 0 aromatic carbocycles. The third kappa shape index (κ3) is 4.30. The molecule has 7 nitrogen and oxygen atoms in total. The van der Waals surface area contributed by atoms with E-state index in [1.807, 2.05) is 0 Å². The maximum Gasteiger partial charge on any atom is 0.305 e. The number of hydrogen-bond donors (Lipinski definition) is 1. The van der Waals surface area contributed by atoms with Crippen molar-refractivity contribution in [2.24, 2.45) is 0 Å². The summed E-state index contributed by atoms with van der Waals surface area (Å²) in [6, 6.07) is 0. The molecule has 0 aliphatic carbocycles. The number of nitro groups is 1. The van der Waals surface area contributed by atoms with Crippen LogP contribution < -0.4 is 5.32 Å². The predicted molar refractivity (Wildman–Crippen MR) is 60.7 cm³/mol. The van der Waals surface area contributed by atoms with Gasteiger partial charge in [0.15, 0.2) is 0 Å². The maximum absolute atomic E-state index is 10.8. The van der Waals surface area contributed by atoms with Crippen LogP contribution in [0.3, 0.4) is 0 Å². The molecule has 1 aromatic heterocycles. The van der Waals surface area contributed by atoms with Crippen molar-refractivity contribution in [2.75, 3.05) is 23.9 Å². The Labute approximate surface area is 94.9 Å². The van der Waals surface area contributed by atoms with E-state index in [1.54, 1.807) is 6.26 Å². The predicted octanol–water partition coefficient (Wildman–Crippen LogP) is 0.565. The molecule has 8 heteroatoms. The highest BCUT2D eigenvalue weighted by Gasteiger charge is 2.05. The number of hydrogen-bond acceptors (Lipinski definition) is 6. The largest absolute Gasteiger partial charge is 0.354 e. The lowest BCUT2D eigenvalue weighted by atomic mass is 10.5. The van der Waals surface area contributed by atoms with Crippen LogP contribution in [0.4, 0.5) is 11.6 Å². The van der Waals surface area contributed by atoms with Crippen LogP contribution >= 0.6 is 0 Å². The molecule has 0 radical (unpaired) electrons. The smallest absolute Gasteiger partial charge is 0.305 e. The van der Waals surface area contributed by atoms with Crippen LogP contribution in [0.5, 0.6) is 0 Å². The fourth-order valence-electron chi connectivity index (χ4n) is 0.982. The second-order valence-corrected chi connectivity index (χ2v) is 4.63. The van der Waals surface area contributed by atoms with Crippen LogP contribution in [-0.4, -0.2) is 37.7 Å².